The first-order chi connectivity index (χ1) is 9.02. The van der Waals surface area contributed by atoms with Crippen LogP contribution in [0.1, 0.15) is 44.7 Å². The molecule has 1 N–H and O–H groups in total. The molecule has 2 rings (SSSR count). The molecule has 3 heteroatoms. The van der Waals surface area contributed by atoms with Crippen LogP contribution < -0.4 is 5.32 Å². The minimum Gasteiger partial charge on any atom is -0.313 e. The summed E-state index contributed by atoms with van der Waals surface area (Å²) in [4.78, 5) is 0. The predicted octanol–water partition coefficient (Wildman–Crippen LogP) is 5.33. The Morgan fingerprint density at radius 1 is 1.11 bits per heavy atom. The highest BCUT2D eigenvalue weighted by atomic mass is 35.5. The molecule has 0 aliphatic heterocycles. The predicted molar refractivity (Wildman–Crippen MR) is 83.9 cm³/mol. The average Bonchev–Trinajstić information content (AvgIpc) is 2.39. The molecule has 0 bridgehead atoms. The number of halogens is 2. The van der Waals surface area contributed by atoms with Gasteiger partial charge in [0.05, 0.1) is 10.0 Å². The van der Waals surface area contributed by atoms with Crippen molar-refractivity contribution in [3.05, 3.63) is 33.8 Å². The summed E-state index contributed by atoms with van der Waals surface area (Å²) in [5, 5.41) is 4.75. The zero-order valence-corrected chi connectivity index (χ0v) is 13.4. The van der Waals surface area contributed by atoms with Crippen LogP contribution in [-0.4, -0.2) is 7.05 Å². The fourth-order valence-corrected chi connectivity index (χ4v) is 3.58. The minimum absolute atomic E-state index is 0.379. The molecule has 19 heavy (non-hydrogen) atoms. The molecule has 0 saturated heterocycles. The molecule has 1 aromatic rings. The van der Waals surface area contributed by atoms with Crippen molar-refractivity contribution < 1.29 is 0 Å². The summed E-state index contributed by atoms with van der Waals surface area (Å²) in [6.45, 7) is 4.74. The van der Waals surface area contributed by atoms with Gasteiger partial charge in [0, 0.05) is 6.04 Å². The first kappa shape index (κ1) is 15.2. The van der Waals surface area contributed by atoms with Crippen LogP contribution >= 0.6 is 23.2 Å². The van der Waals surface area contributed by atoms with Gasteiger partial charge in [-0.05, 0) is 55.3 Å². The summed E-state index contributed by atoms with van der Waals surface area (Å²) in [6.07, 6.45) is 3.90. The summed E-state index contributed by atoms with van der Waals surface area (Å²) in [6, 6.07) is 6.38. The van der Waals surface area contributed by atoms with Gasteiger partial charge >= 0.3 is 0 Å². The lowest BCUT2D eigenvalue weighted by Gasteiger charge is -2.37. The van der Waals surface area contributed by atoms with Crippen molar-refractivity contribution in [2.75, 3.05) is 7.05 Å². The van der Waals surface area contributed by atoms with Gasteiger partial charge in [-0.3, -0.25) is 0 Å². The van der Waals surface area contributed by atoms with E-state index in [0.29, 0.717) is 22.0 Å². The Kier molecular flexibility index (Phi) is 5.16. The summed E-state index contributed by atoms with van der Waals surface area (Å²) in [5.74, 6) is 2.34. The second-order valence-electron chi connectivity index (χ2n) is 5.97. The molecule has 1 saturated carbocycles. The van der Waals surface area contributed by atoms with Crippen molar-refractivity contribution in [1.82, 2.24) is 5.32 Å². The van der Waals surface area contributed by atoms with E-state index in [1.54, 1.807) is 0 Å². The Balaban J connectivity index is 2.17. The average molecular weight is 300 g/mol. The maximum atomic E-state index is 6.15. The molecule has 1 aromatic carbocycles. The molecule has 0 amide bonds. The highest BCUT2D eigenvalue weighted by Gasteiger charge is 2.30. The summed E-state index contributed by atoms with van der Waals surface area (Å²) >= 11 is 12.2. The minimum atomic E-state index is 0.379. The Labute approximate surface area is 126 Å². The number of benzene rings is 1. The van der Waals surface area contributed by atoms with Crippen LogP contribution in [0.25, 0.3) is 0 Å². The maximum absolute atomic E-state index is 6.15. The third-order valence-electron chi connectivity index (χ3n) is 4.72. The van der Waals surface area contributed by atoms with E-state index >= 15 is 0 Å². The Morgan fingerprint density at radius 2 is 1.84 bits per heavy atom. The molecular formula is C16H23Cl2N. The van der Waals surface area contributed by atoms with E-state index < -0.39 is 0 Å². The quantitative estimate of drug-likeness (QED) is 0.796. The highest BCUT2D eigenvalue weighted by molar-refractivity contribution is 6.42. The molecule has 106 valence electrons. The van der Waals surface area contributed by atoms with Crippen LogP contribution in [0, 0.1) is 17.8 Å². The molecule has 1 aliphatic rings. The molecule has 1 aliphatic carbocycles. The normalized spacial score (nSPS) is 29.2. The van der Waals surface area contributed by atoms with Crippen LogP contribution in [0.3, 0.4) is 0 Å². The van der Waals surface area contributed by atoms with E-state index in [1.807, 2.05) is 19.2 Å². The van der Waals surface area contributed by atoms with Gasteiger partial charge in [-0.2, -0.15) is 0 Å². The number of hydrogen-bond donors (Lipinski definition) is 1. The van der Waals surface area contributed by atoms with E-state index in [2.05, 4.69) is 25.2 Å². The van der Waals surface area contributed by atoms with Gasteiger partial charge in [0.1, 0.15) is 0 Å². The van der Waals surface area contributed by atoms with Gasteiger partial charge in [0.2, 0.25) is 0 Å². The first-order valence-corrected chi connectivity index (χ1v) is 7.90. The highest BCUT2D eigenvalue weighted by Crippen LogP contribution is 2.40. The third kappa shape index (κ3) is 3.45. The SMILES string of the molecule is CNC(c1ccc(Cl)c(Cl)c1)C1CCC(C)C(C)C1. The van der Waals surface area contributed by atoms with Gasteiger partial charge in [-0.1, -0.05) is 49.5 Å². The zero-order valence-electron chi connectivity index (χ0n) is 11.9. The van der Waals surface area contributed by atoms with Crippen LogP contribution in [0.5, 0.6) is 0 Å². The number of nitrogens with one attached hydrogen (secondary N) is 1. The van der Waals surface area contributed by atoms with Crippen molar-refractivity contribution in [2.45, 2.75) is 39.2 Å². The number of rotatable bonds is 3. The monoisotopic (exact) mass is 299 g/mol. The van der Waals surface area contributed by atoms with Gasteiger partial charge in [0.25, 0.3) is 0 Å². The largest absolute Gasteiger partial charge is 0.313 e. The standard InChI is InChI=1S/C16H23Cl2N/c1-10-4-5-12(8-11(10)2)16(19-3)13-6-7-14(17)15(18)9-13/h6-7,9-12,16,19H,4-5,8H2,1-3H3. The van der Waals surface area contributed by atoms with Crippen LogP contribution in [0.2, 0.25) is 10.0 Å². The van der Waals surface area contributed by atoms with Gasteiger partial charge < -0.3 is 5.32 Å². The van der Waals surface area contributed by atoms with Gasteiger partial charge in [0.15, 0.2) is 0 Å². The molecule has 1 nitrogen and oxygen atoms in total. The van der Waals surface area contributed by atoms with Crippen molar-refractivity contribution in [2.24, 2.45) is 17.8 Å². The topological polar surface area (TPSA) is 12.0 Å². The maximum Gasteiger partial charge on any atom is 0.0595 e. The van der Waals surface area contributed by atoms with Crippen LogP contribution in [0.4, 0.5) is 0 Å². The van der Waals surface area contributed by atoms with Crippen molar-refractivity contribution in [3.63, 3.8) is 0 Å². The molecular weight excluding hydrogens is 277 g/mol. The second kappa shape index (κ2) is 6.47. The molecule has 0 spiro atoms. The van der Waals surface area contributed by atoms with E-state index in [0.717, 1.165) is 11.8 Å². The van der Waals surface area contributed by atoms with E-state index in [1.165, 1.54) is 24.8 Å². The molecule has 0 heterocycles. The summed E-state index contributed by atoms with van der Waals surface area (Å²) < 4.78 is 0. The van der Waals surface area contributed by atoms with Crippen molar-refractivity contribution in [3.8, 4) is 0 Å². The van der Waals surface area contributed by atoms with E-state index in [4.69, 9.17) is 23.2 Å². The van der Waals surface area contributed by atoms with Crippen LogP contribution in [0.15, 0.2) is 18.2 Å². The van der Waals surface area contributed by atoms with E-state index in [9.17, 15) is 0 Å². The molecule has 0 aromatic heterocycles. The lowest BCUT2D eigenvalue weighted by Crippen LogP contribution is -2.31. The fourth-order valence-electron chi connectivity index (χ4n) is 3.27. The summed E-state index contributed by atoms with van der Waals surface area (Å²) in [5.41, 5.74) is 1.25. The zero-order chi connectivity index (χ0) is 14.0. The summed E-state index contributed by atoms with van der Waals surface area (Å²) in [7, 11) is 2.04. The van der Waals surface area contributed by atoms with E-state index in [-0.39, 0.29) is 0 Å². The smallest absolute Gasteiger partial charge is 0.0595 e. The second-order valence-corrected chi connectivity index (χ2v) is 6.78. The van der Waals surface area contributed by atoms with Crippen molar-refractivity contribution in [1.29, 1.82) is 0 Å². The lowest BCUT2D eigenvalue weighted by atomic mass is 9.72. The Hall–Kier alpha value is -0.240. The van der Waals surface area contributed by atoms with Gasteiger partial charge in [-0.25, -0.2) is 0 Å². The number of hydrogen-bond acceptors (Lipinski definition) is 1. The third-order valence-corrected chi connectivity index (χ3v) is 5.46. The Bertz CT molecular complexity index is 433. The molecule has 0 radical (unpaired) electrons. The fraction of sp³-hybridized carbons (Fsp3) is 0.625. The Morgan fingerprint density at radius 3 is 2.42 bits per heavy atom. The van der Waals surface area contributed by atoms with Crippen molar-refractivity contribution >= 4 is 23.2 Å². The lowest BCUT2D eigenvalue weighted by molar-refractivity contribution is 0.175. The first-order valence-electron chi connectivity index (χ1n) is 7.15. The molecule has 1 fully saturated rings. The molecule has 4 atom stereocenters. The van der Waals surface area contributed by atoms with Crippen LogP contribution in [-0.2, 0) is 0 Å². The molecule has 4 unspecified atom stereocenters. The van der Waals surface area contributed by atoms with Gasteiger partial charge in [-0.15, -0.1) is 0 Å².